The molecule has 1 aromatic heterocycles. The van der Waals surface area contributed by atoms with E-state index in [-0.39, 0.29) is 12.2 Å². The van der Waals surface area contributed by atoms with E-state index in [9.17, 15) is 0 Å². The van der Waals surface area contributed by atoms with Gasteiger partial charge in [-0.2, -0.15) is 0 Å². The lowest BCUT2D eigenvalue weighted by Gasteiger charge is -2.40. The Hall–Kier alpha value is 0.100. The highest BCUT2D eigenvalue weighted by Crippen LogP contribution is 2.33. The normalized spacial score (nSPS) is 28.0. The third-order valence-corrected chi connectivity index (χ3v) is 4.79. The number of thiophene rings is 1. The van der Waals surface area contributed by atoms with Gasteiger partial charge in [-0.1, -0.05) is 28.9 Å². The van der Waals surface area contributed by atoms with E-state index >= 15 is 0 Å². The molecule has 96 valence electrons. The van der Waals surface area contributed by atoms with Crippen LogP contribution < -0.4 is 0 Å². The number of alkyl halides is 1. The summed E-state index contributed by atoms with van der Waals surface area (Å²) in [7, 11) is 0. The van der Waals surface area contributed by atoms with Gasteiger partial charge in [0.15, 0.2) is 0 Å². The number of rotatable bonds is 7. The Morgan fingerprint density at radius 3 is 2.94 bits per heavy atom. The molecule has 2 nitrogen and oxygen atoms in total. The standard InChI is InChI=1S/C13H19BrO2S/c1-2-6-16-13-11(14)9-12(13)15-7-5-10-4-3-8-17-10/h3-4,8,11-13H,2,5-7,9H2,1H3. The number of hydrogen-bond donors (Lipinski definition) is 0. The molecule has 0 aromatic carbocycles. The zero-order chi connectivity index (χ0) is 12.1. The molecule has 17 heavy (non-hydrogen) atoms. The molecule has 2 rings (SSSR count). The molecule has 0 amide bonds. The highest BCUT2D eigenvalue weighted by atomic mass is 79.9. The first-order valence-electron chi connectivity index (χ1n) is 6.21. The van der Waals surface area contributed by atoms with E-state index in [4.69, 9.17) is 9.47 Å². The molecule has 0 aliphatic heterocycles. The molecular weight excluding hydrogens is 300 g/mol. The smallest absolute Gasteiger partial charge is 0.0962 e. The van der Waals surface area contributed by atoms with E-state index in [0.29, 0.717) is 4.83 Å². The molecule has 3 atom stereocenters. The van der Waals surface area contributed by atoms with Crippen LogP contribution in [0.2, 0.25) is 0 Å². The molecule has 0 N–H and O–H groups in total. The van der Waals surface area contributed by atoms with Gasteiger partial charge < -0.3 is 9.47 Å². The van der Waals surface area contributed by atoms with Crippen LogP contribution in [0.5, 0.6) is 0 Å². The second-order valence-corrected chi connectivity index (χ2v) is 6.53. The summed E-state index contributed by atoms with van der Waals surface area (Å²) in [5.41, 5.74) is 0. The Morgan fingerprint density at radius 2 is 2.29 bits per heavy atom. The summed E-state index contributed by atoms with van der Waals surface area (Å²) in [6.45, 7) is 3.77. The summed E-state index contributed by atoms with van der Waals surface area (Å²) in [5.74, 6) is 0. The predicted molar refractivity (Wildman–Crippen MR) is 75.1 cm³/mol. The van der Waals surface area contributed by atoms with Gasteiger partial charge >= 0.3 is 0 Å². The fourth-order valence-electron chi connectivity index (χ4n) is 1.92. The van der Waals surface area contributed by atoms with E-state index in [0.717, 1.165) is 32.5 Å². The summed E-state index contributed by atoms with van der Waals surface area (Å²) in [6.07, 6.45) is 3.68. The van der Waals surface area contributed by atoms with Gasteiger partial charge in [0.1, 0.15) is 0 Å². The minimum absolute atomic E-state index is 0.248. The van der Waals surface area contributed by atoms with Crippen molar-refractivity contribution in [2.24, 2.45) is 0 Å². The van der Waals surface area contributed by atoms with Gasteiger partial charge in [-0.15, -0.1) is 11.3 Å². The summed E-state index contributed by atoms with van der Waals surface area (Å²) < 4.78 is 11.7. The Kier molecular flexibility index (Phi) is 5.48. The van der Waals surface area contributed by atoms with E-state index in [1.54, 1.807) is 11.3 Å². The maximum absolute atomic E-state index is 5.88. The van der Waals surface area contributed by atoms with Gasteiger partial charge in [0.2, 0.25) is 0 Å². The van der Waals surface area contributed by atoms with Gasteiger partial charge in [-0.25, -0.2) is 0 Å². The topological polar surface area (TPSA) is 18.5 Å². The van der Waals surface area contributed by atoms with Gasteiger partial charge in [0, 0.05) is 22.7 Å². The first-order valence-corrected chi connectivity index (χ1v) is 8.00. The first-order chi connectivity index (χ1) is 8.31. The van der Waals surface area contributed by atoms with Crippen LogP contribution in [0.3, 0.4) is 0 Å². The molecule has 0 bridgehead atoms. The average Bonchev–Trinajstić information content (AvgIpc) is 2.81. The largest absolute Gasteiger partial charge is 0.375 e. The van der Waals surface area contributed by atoms with Crippen LogP contribution in [0, 0.1) is 0 Å². The molecule has 1 aromatic rings. The molecular formula is C13H19BrO2S. The average molecular weight is 319 g/mol. The van der Waals surface area contributed by atoms with Gasteiger partial charge in [-0.3, -0.25) is 0 Å². The van der Waals surface area contributed by atoms with Crippen molar-refractivity contribution in [3.05, 3.63) is 22.4 Å². The van der Waals surface area contributed by atoms with Gasteiger partial charge in [0.05, 0.1) is 18.8 Å². The van der Waals surface area contributed by atoms with E-state index in [2.05, 4.69) is 40.4 Å². The lowest BCUT2D eigenvalue weighted by Crippen LogP contribution is -2.51. The molecule has 1 aliphatic rings. The maximum Gasteiger partial charge on any atom is 0.0962 e. The Morgan fingerprint density at radius 1 is 1.41 bits per heavy atom. The van der Waals surface area contributed by atoms with Crippen molar-refractivity contribution < 1.29 is 9.47 Å². The first kappa shape index (κ1) is 13.5. The quantitative estimate of drug-likeness (QED) is 0.715. The van der Waals surface area contributed by atoms with Crippen molar-refractivity contribution in [3.8, 4) is 0 Å². The Bertz CT molecular complexity index is 315. The second kappa shape index (κ2) is 6.88. The SMILES string of the molecule is CCCOC1C(Br)CC1OCCc1cccs1. The molecule has 1 heterocycles. The monoisotopic (exact) mass is 318 g/mol. The molecule has 0 spiro atoms. The van der Waals surface area contributed by atoms with Crippen LogP contribution in [0.4, 0.5) is 0 Å². The van der Waals surface area contributed by atoms with E-state index < -0.39 is 0 Å². The van der Waals surface area contributed by atoms with Gasteiger partial charge in [0.25, 0.3) is 0 Å². The van der Waals surface area contributed by atoms with Crippen LogP contribution >= 0.6 is 27.3 Å². The van der Waals surface area contributed by atoms with E-state index in [1.165, 1.54) is 4.88 Å². The Labute approximate surface area is 115 Å². The second-order valence-electron chi connectivity index (χ2n) is 4.33. The minimum atomic E-state index is 0.248. The van der Waals surface area contributed by atoms with Gasteiger partial charge in [-0.05, 0) is 24.3 Å². The zero-order valence-corrected chi connectivity index (χ0v) is 12.5. The summed E-state index contributed by atoms with van der Waals surface area (Å²) in [5, 5.41) is 2.11. The van der Waals surface area contributed by atoms with Crippen molar-refractivity contribution in [2.45, 2.75) is 43.2 Å². The lowest BCUT2D eigenvalue weighted by molar-refractivity contribution is -0.120. The highest BCUT2D eigenvalue weighted by Gasteiger charge is 2.41. The van der Waals surface area contributed by atoms with Crippen LogP contribution in [0.15, 0.2) is 17.5 Å². The number of halogens is 1. The summed E-state index contributed by atoms with van der Waals surface area (Å²) in [6, 6.07) is 4.25. The summed E-state index contributed by atoms with van der Waals surface area (Å²) in [4.78, 5) is 1.87. The molecule has 1 saturated carbocycles. The van der Waals surface area contributed by atoms with Crippen LogP contribution in [0.1, 0.15) is 24.6 Å². The van der Waals surface area contributed by atoms with Crippen LogP contribution in [0.25, 0.3) is 0 Å². The molecule has 4 heteroatoms. The fourth-order valence-corrected chi connectivity index (χ4v) is 3.47. The fraction of sp³-hybridized carbons (Fsp3) is 0.692. The molecule has 1 fully saturated rings. The molecule has 3 unspecified atom stereocenters. The predicted octanol–water partition coefficient (Wildman–Crippen LogP) is 3.64. The number of hydrogen-bond acceptors (Lipinski definition) is 3. The Balaban J connectivity index is 1.65. The van der Waals surface area contributed by atoms with Crippen molar-refractivity contribution in [3.63, 3.8) is 0 Å². The van der Waals surface area contributed by atoms with Crippen molar-refractivity contribution in [2.75, 3.05) is 13.2 Å². The van der Waals surface area contributed by atoms with Crippen molar-refractivity contribution in [1.82, 2.24) is 0 Å². The third-order valence-electron chi connectivity index (χ3n) is 2.96. The third kappa shape index (κ3) is 3.78. The summed E-state index contributed by atoms with van der Waals surface area (Å²) >= 11 is 5.42. The highest BCUT2D eigenvalue weighted by molar-refractivity contribution is 9.09. The zero-order valence-electron chi connectivity index (χ0n) is 10.1. The molecule has 0 saturated heterocycles. The van der Waals surface area contributed by atoms with Crippen molar-refractivity contribution >= 4 is 27.3 Å². The van der Waals surface area contributed by atoms with Crippen LogP contribution in [-0.2, 0) is 15.9 Å². The molecule has 0 radical (unpaired) electrons. The van der Waals surface area contributed by atoms with Crippen LogP contribution in [-0.4, -0.2) is 30.2 Å². The molecule has 1 aliphatic carbocycles. The number of ether oxygens (including phenoxy) is 2. The minimum Gasteiger partial charge on any atom is -0.375 e. The van der Waals surface area contributed by atoms with Crippen molar-refractivity contribution in [1.29, 1.82) is 0 Å². The maximum atomic E-state index is 5.88. The lowest BCUT2D eigenvalue weighted by atomic mass is 9.91. The van der Waals surface area contributed by atoms with E-state index in [1.807, 2.05) is 0 Å².